The lowest BCUT2D eigenvalue weighted by atomic mass is 10.3. The van der Waals surface area contributed by atoms with Gasteiger partial charge in [0.25, 0.3) is 0 Å². The van der Waals surface area contributed by atoms with Crippen molar-refractivity contribution in [2.45, 2.75) is 13.0 Å². The molecule has 74 valence electrons. The summed E-state index contributed by atoms with van der Waals surface area (Å²) in [4.78, 5) is 0. The first-order valence-corrected chi connectivity index (χ1v) is 3.86. The van der Waals surface area contributed by atoms with Crippen molar-refractivity contribution in [3.63, 3.8) is 0 Å². The van der Waals surface area contributed by atoms with Gasteiger partial charge in [-0.25, -0.2) is 4.57 Å². The van der Waals surface area contributed by atoms with Crippen LogP contribution in [0.3, 0.4) is 0 Å². The lowest BCUT2D eigenvalue weighted by molar-refractivity contribution is -0.696. The molecule has 0 aliphatic heterocycles. The van der Waals surface area contributed by atoms with E-state index in [1.54, 1.807) is 29.1 Å². The summed E-state index contributed by atoms with van der Waals surface area (Å²) in [5.41, 5.74) is 0.591. The van der Waals surface area contributed by atoms with E-state index < -0.39 is 5.90 Å². The number of halogens is 1. The summed E-state index contributed by atoms with van der Waals surface area (Å²) in [5, 5.41) is 25.5. The fourth-order valence-electron chi connectivity index (χ4n) is 0.912. The summed E-state index contributed by atoms with van der Waals surface area (Å²) in [6.45, 7) is 0.494. The molecule has 1 N–H and O–H groups in total. The molecule has 0 aliphatic rings. The highest BCUT2D eigenvalue weighted by atomic mass is 35.5. The van der Waals surface area contributed by atoms with Crippen LogP contribution in [-0.4, -0.2) is 5.90 Å². The minimum Gasteiger partial charge on any atom is -0.862 e. The van der Waals surface area contributed by atoms with Crippen LogP contribution in [0.25, 0.3) is 0 Å². The van der Waals surface area contributed by atoms with E-state index in [0.717, 1.165) is 0 Å². The van der Waals surface area contributed by atoms with E-state index in [-0.39, 0.29) is 18.8 Å². The summed E-state index contributed by atoms with van der Waals surface area (Å²) in [5.74, 6) is -0.572. The fourth-order valence-corrected chi connectivity index (χ4v) is 0.912. The molecule has 4 nitrogen and oxygen atoms in total. The molecule has 0 saturated carbocycles. The van der Waals surface area contributed by atoms with E-state index in [1.165, 1.54) is 0 Å². The molecule has 0 unspecified atom stereocenters. The van der Waals surface area contributed by atoms with Crippen molar-refractivity contribution in [2.75, 3.05) is 0 Å². The second kappa shape index (κ2) is 5.95. The van der Waals surface area contributed by atoms with Gasteiger partial charge in [-0.1, -0.05) is 0 Å². The molecule has 1 heterocycles. The van der Waals surface area contributed by atoms with Crippen molar-refractivity contribution < 1.29 is 9.67 Å². The van der Waals surface area contributed by atoms with Crippen LogP contribution in [0.15, 0.2) is 24.5 Å². The Labute approximate surface area is 88.3 Å². The third kappa shape index (κ3) is 3.87. The zero-order chi connectivity index (χ0) is 9.68. The molecular formula is C9H10ClN3O. The predicted octanol–water partition coefficient (Wildman–Crippen LogP) is -0.00475. The normalized spacial score (nSPS) is 8.50. The maximum atomic E-state index is 10.3. The largest absolute Gasteiger partial charge is 0.862 e. The standard InChI is InChI=1S/C9H9N3O.ClH/c10-7-8-1-4-12(5-2-8)6-3-9(11)13;/h1-2,4-5H,3,6H2,(H-,11,13);1H. The Kier molecular flexibility index (Phi) is 5.27. The number of nitrogens with one attached hydrogen (secondary N) is 1. The third-order valence-electron chi connectivity index (χ3n) is 1.62. The molecule has 0 atom stereocenters. The van der Waals surface area contributed by atoms with Crippen LogP contribution in [0, 0.1) is 16.7 Å². The number of pyridine rings is 1. The first kappa shape index (κ1) is 12.4. The van der Waals surface area contributed by atoms with Crippen LogP contribution >= 0.6 is 12.4 Å². The van der Waals surface area contributed by atoms with Gasteiger partial charge in [-0.05, 0) is 5.90 Å². The molecule has 0 amide bonds. The van der Waals surface area contributed by atoms with E-state index >= 15 is 0 Å². The molecule has 0 bridgehead atoms. The lowest BCUT2D eigenvalue weighted by Gasteiger charge is -2.02. The smallest absolute Gasteiger partial charge is 0.170 e. The number of hydrogen-bond acceptors (Lipinski definition) is 3. The molecule has 1 rings (SSSR count). The quantitative estimate of drug-likeness (QED) is 0.434. The van der Waals surface area contributed by atoms with E-state index in [2.05, 4.69) is 0 Å². The SMILES string of the molecule is Cl.N#Cc1cc[n+](CCC(=N)[O-])cc1. The first-order valence-electron chi connectivity index (χ1n) is 3.86. The molecule has 0 radical (unpaired) electrons. The number of nitriles is 1. The average molecular weight is 212 g/mol. The first-order chi connectivity index (χ1) is 6.22. The summed E-state index contributed by atoms with van der Waals surface area (Å²) in [6.07, 6.45) is 3.65. The van der Waals surface area contributed by atoms with Crippen LogP contribution in [0.4, 0.5) is 0 Å². The molecule has 0 saturated heterocycles. The summed E-state index contributed by atoms with van der Waals surface area (Å²) in [6, 6.07) is 5.35. The minimum atomic E-state index is -0.572. The lowest BCUT2D eigenvalue weighted by Crippen LogP contribution is -2.35. The van der Waals surface area contributed by atoms with Gasteiger partial charge in [0.05, 0.1) is 11.6 Å². The molecule has 14 heavy (non-hydrogen) atoms. The highest BCUT2D eigenvalue weighted by molar-refractivity contribution is 5.85. The fraction of sp³-hybridized carbons (Fsp3) is 0.222. The van der Waals surface area contributed by atoms with E-state index in [4.69, 9.17) is 10.7 Å². The van der Waals surface area contributed by atoms with Crippen molar-refractivity contribution in [1.82, 2.24) is 0 Å². The van der Waals surface area contributed by atoms with Gasteiger partial charge in [-0.3, -0.25) is 0 Å². The predicted molar refractivity (Wildman–Crippen MR) is 50.9 cm³/mol. The molecule has 0 aromatic carbocycles. The Bertz CT molecular complexity index is 342. The van der Waals surface area contributed by atoms with Gasteiger partial charge >= 0.3 is 0 Å². The molecule has 5 heteroatoms. The van der Waals surface area contributed by atoms with E-state index in [1.807, 2.05) is 6.07 Å². The monoisotopic (exact) mass is 211 g/mol. The average Bonchev–Trinajstić information content (AvgIpc) is 2.15. The maximum absolute atomic E-state index is 10.3. The Morgan fingerprint density at radius 1 is 1.50 bits per heavy atom. The highest BCUT2D eigenvalue weighted by Gasteiger charge is 1.98. The van der Waals surface area contributed by atoms with Crippen molar-refractivity contribution in [3.8, 4) is 6.07 Å². The summed E-state index contributed by atoms with van der Waals surface area (Å²) < 4.78 is 1.77. The molecule has 1 aromatic rings. The Morgan fingerprint density at radius 3 is 2.50 bits per heavy atom. The second-order valence-corrected chi connectivity index (χ2v) is 2.61. The topological polar surface area (TPSA) is 74.6 Å². The number of nitrogens with zero attached hydrogens (tertiary/aromatic N) is 2. The van der Waals surface area contributed by atoms with Crippen molar-refractivity contribution in [2.24, 2.45) is 0 Å². The van der Waals surface area contributed by atoms with Gasteiger partial charge in [0.15, 0.2) is 18.9 Å². The van der Waals surface area contributed by atoms with Crippen LogP contribution in [0.5, 0.6) is 0 Å². The van der Waals surface area contributed by atoms with Gasteiger partial charge in [0.2, 0.25) is 0 Å². The van der Waals surface area contributed by atoms with Gasteiger partial charge in [0.1, 0.15) is 0 Å². The van der Waals surface area contributed by atoms with Gasteiger partial charge < -0.3 is 10.5 Å². The minimum absolute atomic E-state index is 0. The Morgan fingerprint density at radius 2 is 2.07 bits per heavy atom. The van der Waals surface area contributed by atoms with Gasteiger partial charge in [0, 0.05) is 18.6 Å². The second-order valence-electron chi connectivity index (χ2n) is 2.61. The van der Waals surface area contributed by atoms with Crippen LogP contribution in [0.2, 0.25) is 0 Å². The van der Waals surface area contributed by atoms with E-state index in [0.29, 0.717) is 12.1 Å². The molecular weight excluding hydrogens is 202 g/mol. The van der Waals surface area contributed by atoms with Crippen LogP contribution in [-0.2, 0) is 6.54 Å². The van der Waals surface area contributed by atoms with Crippen LogP contribution < -0.4 is 9.67 Å². The Hall–Kier alpha value is -1.60. The summed E-state index contributed by atoms with van der Waals surface area (Å²) >= 11 is 0. The number of hydrogen-bond donors (Lipinski definition) is 1. The van der Waals surface area contributed by atoms with Crippen molar-refractivity contribution in [1.29, 1.82) is 10.7 Å². The van der Waals surface area contributed by atoms with Gasteiger partial charge in [-0.2, -0.15) is 5.26 Å². The maximum Gasteiger partial charge on any atom is 0.170 e. The highest BCUT2D eigenvalue weighted by Crippen LogP contribution is 1.90. The van der Waals surface area contributed by atoms with Crippen molar-refractivity contribution >= 4 is 18.3 Å². The number of rotatable bonds is 3. The molecule has 0 fully saturated rings. The number of aromatic nitrogens is 1. The zero-order valence-corrected chi connectivity index (χ0v) is 8.25. The number of aryl methyl sites for hydroxylation is 1. The van der Waals surface area contributed by atoms with E-state index in [9.17, 15) is 5.11 Å². The van der Waals surface area contributed by atoms with Crippen LogP contribution in [0.1, 0.15) is 12.0 Å². The third-order valence-corrected chi connectivity index (χ3v) is 1.62. The molecule has 0 aliphatic carbocycles. The molecule has 0 spiro atoms. The van der Waals surface area contributed by atoms with Gasteiger partial charge in [-0.15, -0.1) is 12.4 Å². The van der Waals surface area contributed by atoms with Crippen molar-refractivity contribution in [3.05, 3.63) is 30.1 Å². The summed E-state index contributed by atoms with van der Waals surface area (Å²) in [7, 11) is 0. The molecule has 1 aromatic heterocycles. The Balaban J connectivity index is 0.00000169. The zero-order valence-electron chi connectivity index (χ0n) is 7.43.